The summed E-state index contributed by atoms with van der Waals surface area (Å²) in [5, 5.41) is 5.75. The fourth-order valence-corrected chi connectivity index (χ4v) is 4.69. The van der Waals surface area contributed by atoms with Crippen LogP contribution in [0.3, 0.4) is 0 Å². The Balaban J connectivity index is 0.00000312. The van der Waals surface area contributed by atoms with Gasteiger partial charge in [-0.1, -0.05) is 12.5 Å². The number of hydrogen-bond donors (Lipinski definition) is 2. The van der Waals surface area contributed by atoms with Crippen LogP contribution in [-0.4, -0.2) is 51.4 Å². The van der Waals surface area contributed by atoms with Crippen LogP contribution < -0.4 is 10.6 Å². The van der Waals surface area contributed by atoms with Crippen molar-refractivity contribution in [3.05, 3.63) is 29.3 Å². The van der Waals surface area contributed by atoms with Gasteiger partial charge in [-0.25, -0.2) is 8.42 Å². The molecular formula is C17H28ClN3O3S. The highest BCUT2D eigenvalue weighted by atomic mass is 35.5. The topological polar surface area (TPSA) is 78.5 Å². The van der Waals surface area contributed by atoms with Crippen molar-refractivity contribution < 1.29 is 13.2 Å². The molecule has 1 saturated heterocycles. The van der Waals surface area contributed by atoms with Crippen molar-refractivity contribution in [2.24, 2.45) is 0 Å². The van der Waals surface area contributed by atoms with E-state index in [4.69, 9.17) is 0 Å². The van der Waals surface area contributed by atoms with E-state index >= 15 is 0 Å². The van der Waals surface area contributed by atoms with E-state index in [0.29, 0.717) is 25.2 Å². The Bertz CT molecular complexity index is 694. The summed E-state index contributed by atoms with van der Waals surface area (Å²) in [6, 6.07) is 4.80. The molecule has 6 nitrogen and oxygen atoms in total. The fourth-order valence-electron chi connectivity index (χ4n) is 2.97. The molecule has 1 aliphatic rings. The number of nitrogens with one attached hydrogen (secondary N) is 2. The molecular weight excluding hydrogens is 362 g/mol. The molecule has 1 fully saturated rings. The minimum atomic E-state index is -3.57. The lowest BCUT2D eigenvalue weighted by atomic mass is 10.1. The number of amides is 1. The van der Waals surface area contributed by atoms with Crippen LogP contribution in [0.1, 0.15) is 42.1 Å². The summed E-state index contributed by atoms with van der Waals surface area (Å²) in [7, 11) is -1.76. The molecule has 0 saturated carbocycles. The van der Waals surface area contributed by atoms with Gasteiger partial charge in [0.1, 0.15) is 0 Å². The van der Waals surface area contributed by atoms with Crippen molar-refractivity contribution in [1.82, 2.24) is 14.9 Å². The van der Waals surface area contributed by atoms with Gasteiger partial charge in [0, 0.05) is 31.2 Å². The number of likely N-dealkylation sites (N-methyl/N-ethyl adjacent to an activating group) is 1. The summed E-state index contributed by atoms with van der Waals surface area (Å²) in [6.07, 6.45) is 2.81. The van der Waals surface area contributed by atoms with Gasteiger partial charge in [0.05, 0.1) is 4.90 Å². The molecule has 1 aromatic rings. The second-order valence-corrected chi connectivity index (χ2v) is 8.19. The van der Waals surface area contributed by atoms with Gasteiger partial charge in [-0.2, -0.15) is 4.31 Å². The van der Waals surface area contributed by atoms with E-state index in [-0.39, 0.29) is 29.3 Å². The van der Waals surface area contributed by atoms with Gasteiger partial charge in [-0.15, -0.1) is 12.4 Å². The van der Waals surface area contributed by atoms with Crippen LogP contribution in [0, 0.1) is 6.92 Å². The quantitative estimate of drug-likeness (QED) is 0.728. The number of hydrogen-bond acceptors (Lipinski definition) is 4. The van der Waals surface area contributed by atoms with Gasteiger partial charge in [-0.3, -0.25) is 4.79 Å². The highest BCUT2D eigenvalue weighted by Crippen LogP contribution is 2.26. The summed E-state index contributed by atoms with van der Waals surface area (Å²) in [5.74, 6) is -0.244. The smallest absolute Gasteiger partial charge is 0.251 e. The van der Waals surface area contributed by atoms with Crippen LogP contribution in [0.15, 0.2) is 23.1 Å². The third-order valence-corrected chi connectivity index (χ3v) is 6.47. The monoisotopic (exact) mass is 389 g/mol. The van der Waals surface area contributed by atoms with E-state index < -0.39 is 10.0 Å². The molecule has 2 rings (SSSR count). The van der Waals surface area contributed by atoms with Gasteiger partial charge in [-0.05, 0) is 51.4 Å². The lowest BCUT2D eigenvalue weighted by Crippen LogP contribution is -2.42. The van der Waals surface area contributed by atoms with Crippen molar-refractivity contribution in [2.45, 2.75) is 44.0 Å². The van der Waals surface area contributed by atoms with Gasteiger partial charge >= 0.3 is 0 Å². The summed E-state index contributed by atoms with van der Waals surface area (Å²) in [6.45, 7) is 5.45. The second-order valence-electron chi connectivity index (χ2n) is 6.30. The Morgan fingerprint density at radius 2 is 2.00 bits per heavy atom. The average molecular weight is 390 g/mol. The largest absolute Gasteiger partial charge is 0.351 e. The zero-order valence-electron chi connectivity index (χ0n) is 15.0. The molecule has 1 aliphatic heterocycles. The first-order valence-corrected chi connectivity index (χ1v) is 9.87. The third-order valence-electron chi connectivity index (χ3n) is 4.46. The van der Waals surface area contributed by atoms with E-state index in [1.54, 1.807) is 16.4 Å². The third kappa shape index (κ3) is 5.17. The summed E-state index contributed by atoms with van der Waals surface area (Å²) >= 11 is 0. The molecule has 0 bridgehead atoms. The molecule has 0 spiro atoms. The maximum absolute atomic E-state index is 12.9. The summed E-state index contributed by atoms with van der Waals surface area (Å²) < 4.78 is 27.4. The van der Waals surface area contributed by atoms with E-state index in [2.05, 4.69) is 10.6 Å². The van der Waals surface area contributed by atoms with Crippen LogP contribution in [0.25, 0.3) is 0 Å². The Labute approximate surface area is 156 Å². The number of nitrogens with zero attached hydrogens (tertiary/aromatic N) is 1. The molecule has 8 heteroatoms. The van der Waals surface area contributed by atoms with Crippen LogP contribution in [0.2, 0.25) is 0 Å². The Kier molecular flexibility index (Phi) is 8.34. The van der Waals surface area contributed by atoms with E-state index in [9.17, 15) is 13.2 Å². The fraction of sp³-hybridized carbons (Fsp3) is 0.588. The minimum absolute atomic E-state index is 0. The lowest BCUT2D eigenvalue weighted by molar-refractivity contribution is 0.0953. The molecule has 1 unspecified atom stereocenters. The maximum Gasteiger partial charge on any atom is 0.251 e. The zero-order valence-corrected chi connectivity index (χ0v) is 16.7. The molecule has 0 aliphatic carbocycles. The second kappa shape index (κ2) is 9.52. The maximum atomic E-state index is 12.9. The molecule has 1 atom stereocenters. The number of carbonyl (C=O) groups is 1. The van der Waals surface area contributed by atoms with Crippen molar-refractivity contribution in [2.75, 3.05) is 26.7 Å². The molecule has 1 heterocycles. The van der Waals surface area contributed by atoms with Crippen LogP contribution >= 0.6 is 12.4 Å². The van der Waals surface area contributed by atoms with Gasteiger partial charge in [0.25, 0.3) is 5.91 Å². The van der Waals surface area contributed by atoms with Gasteiger partial charge in [0.15, 0.2) is 0 Å². The van der Waals surface area contributed by atoms with Crippen LogP contribution in [0.4, 0.5) is 0 Å². The number of benzene rings is 1. The molecule has 1 aromatic carbocycles. The molecule has 0 radical (unpaired) electrons. The average Bonchev–Trinajstić information content (AvgIpc) is 2.55. The number of rotatable bonds is 6. The molecule has 0 aromatic heterocycles. The summed E-state index contributed by atoms with van der Waals surface area (Å²) in [5.41, 5.74) is 1.18. The molecule has 1 amide bonds. The van der Waals surface area contributed by atoms with E-state index in [1.807, 2.05) is 20.9 Å². The van der Waals surface area contributed by atoms with Crippen LogP contribution in [-0.2, 0) is 10.0 Å². The normalized spacial score (nSPS) is 18.4. The molecule has 2 N–H and O–H groups in total. The van der Waals surface area contributed by atoms with E-state index in [0.717, 1.165) is 24.8 Å². The Morgan fingerprint density at radius 1 is 1.28 bits per heavy atom. The number of halogens is 1. The number of aryl methyl sites for hydroxylation is 1. The predicted molar refractivity (Wildman–Crippen MR) is 102 cm³/mol. The Hall–Kier alpha value is -1.15. The van der Waals surface area contributed by atoms with Crippen LogP contribution in [0.5, 0.6) is 0 Å². The molecule has 25 heavy (non-hydrogen) atoms. The van der Waals surface area contributed by atoms with Crippen molar-refractivity contribution in [1.29, 1.82) is 0 Å². The highest BCUT2D eigenvalue weighted by molar-refractivity contribution is 7.89. The first kappa shape index (κ1) is 21.9. The predicted octanol–water partition coefficient (Wildman–Crippen LogP) is 1.93. The van der Waals surface area contributed by atoms with Crippen molar-refractivity contribution in [3.8, 4) is 0 Å². The number of sulfonamides is 1. The Morgan fingerprint density at radius 3 is 2.64 bits per heavy atom. The number of carbonyl (C=O) groups excluding carboxylic acids is 1. The van der Waals surface area contributed by atoms with Crippen molar-refractivity contribution in [3.63, 3.8) is 0 Å². The first-order chi connectivity index (χ1) is 11.4. The minimum Gasteiger partial charge on any atom is -0.351 e. The van der Waals surface area contributed by atoms with E-state index in [1.165, 1.54) is 6.07 Å². The standard InChI is InChI=1S/C17H27N3O3S.ClH/c1-13-7-8-15(12-16(13)17(21)19-10-9-18-3)24(22,23)20-11-5-4-6-14(20)2;/h7-8,12,14,18H,4-6,9-11H2,1-3H3,(H,19,21);1H. The SMILES string of the molecule is CNCCNC(=O)c1cc(S(=O)(=O)N2CCCCC2C)ccc1C.Cl. The first-order valence-electron chi connectivity index (χ1n) is 8.43. The molecule has 142 valence electrons. The van der Waals surface area contributed by atoms with Crippen molar-refractivity contribution >= 4 is 28.3 Å². The van der Waals surface area contributed by atoms with Gasteiger partial charge < -0.3 is 10.6 Å². The highest BCUT2D eigenvalue weighted by Gasteiger charge is 2.31. The summed E-state index contributed by atoms with van der Waals surface area (Å²) in [4.78, 5) is 12.5. The zero-order chi connectivity index (χ0) is 17.7. The van der Waals surface area contributed by atoms with Gasteiger partial charge in [0.2, 0.25) is 10.0 Å². The lowest BCUT2D eigenvalue weighted by Gasteiger charge is -2.32. The number of piperidine rings is 1.